The molecular weight excluding hydrogens is 279 g/mol. The van der Waals surface area contributed by atoms with Gasteiger partial charge in [0.2, 0.25) is 0 Å². The fourth-order valence-corrected chi connectivity index (χ4v) is 3.80. The van der Waals surface area contributed by atoms with Crippen molar-refractivity contribution in [3.05, 3.63) is 33.8 Å². The van der Waals surface area contributed by atoms with Crippen LogP contribution in [0.25, 0.3) is 0 Å². The van der Waals surface area contributed by atoms with Gasteiger partial charge in [0.05, 0.1) is 5.60 Å². The SMILES string of the molecule is CC(C)CC1CCCC(O)(c2cc(Cl)ccc2Cl)C1. The minimum atomic E-state index is -0.806. The molecule has 0 spiro atoms. The maximum absolute atomic E-state index is 11.0. The minimum Gasteiger partial charge on any atom is -0.385 e. The second-order valence-corrected chi connectivity index (χ2v) is 7.09. The van der Waals surface area contributed by atoms with Crippen molar-refractivity contribution < 1.29 is 5.11 Å². The molecule has 0 aromatic heterocycles. The Bertz CT molecular complexity index is 444. The summed E-state index contributed by atoms with van der Waals surface area (Å²) in [7, 11) is 0. The summed E-state index contributed by atoms with van der Waals surface area (Å²) in [6.45, 7) is 4.47. The lowest BCUT2D eigenvalue weighted by Gasteiger charge is -2.38. The average molecular weight is 301 g/mol. The molecule has 0 radical (unpaired) electrons. The Labute approximate surface area is 125 Å². The lowest BCUT2D eigenvalue weighted by Crippen LogP contribution is -2.33. The zero-order valence-corrected chi connectivity index (χ0v) is 13.1. The highest BCUT2D eigenvalue weighted by atomic mass is 35.5. The van der Waals surface area contributed by atoms with Crippen LogP contribution in [0.5, 0.6) is 0 Å². The van der Waals surface area contributed by atoms with E-state index in [1.54, 1.807) is 12.1 Å². The predicted molar refractivity (Wildman–Crippen MR) is 81.8 cm³/mol. The number of hydrogen-bond donors (Lipinski definition) is 1. The summed E-state index contributed by atoms with van der Waals surface area (Å²) in [4.78, 5) is 0. The first-order valence-corrected chi connectivity index (χ1v) is 7.84. The van der Waals surface area contributed by atoms with Gasteiger partial charge >= 0.3 is 0 Å². The van der Waals surface area contributed by atoms with Crippen molar-refractivity contribution in [2.75, 3.05) is 0 Å². The Morgan fingerprint density at radius 3 is 2.79 bits per heavy atom. The zero-order chi connectivity index (χ0) is 14.0. The Kier molecular flexibility index (Phi) is 4.81. The van der Waals surface area contributed by atoms with E-state index in [9.17, 15) is 5.11 Å². The molecule has 2 unspecified atom stereocenters. The number of halogens is 2. The third-order valence-electron chi connectivity index (χ3n) is 4.06. The molecule has 0 aliphatic heterocycles. The molecule has 0 saturated heterocycles. The largest absolute Gasteiger partial charge is 0.385 e. The van der Waals surface area contributed by atoms with Gasteiger partial charge in [-0.2, -0.15) is 0 Å². The van der Waals surface area contributed by atoms with Crippen LogP contribution in [0.4, 0.5) is 0 Å². The van der Waals surface area contributed by atoms with Crippen LogP contribution in [0.3, 0.4) is 0 Å². The summed E-state index contributed by atoms with van der Waals surface area (Å²) in [5.74, 6) is 1.25. The van der Waals surface area contributed by atoms with Crippen molar-refractivity contribution in [1.82, 2.24) is 0 Å². The van der Waals surface area contributed by atoms with Crippen LogP contribution < -0.4 is 0 Å². The predicted octanol–water partition coefficient (Wildman–Crippen LogP) is 5.42. The van der Waals surface area contributed by atoms with Crippen LogP contribution in [0.2, 0.25) is 10.0 Å². The molecule has 19 heavy (non-hydrogen) atoms. The average Bonchev–Trinajstić information content (AvgIpc) is 2.31. The highest BCUT2D eigenvalue weighted by Crippen LogP contribution is 2.44. The molecular formula is C16H22Cl2O. The molecule has 3 heteroatoms. The summed E-state index contributed by atoms with van der Waals surface area (Å²) in [6.07, 6.45) is 5.00. The zero-order valence-electron chi connectivity index (χ0n) is 11.6. The fourth-order valence-electron chi connectivity index (χ4n) is 3.33. The minimum absolute atomic E-state index is 0.578. The van der Waals surface area contributed by atoms with E-state index in [4.69, 9.17) is 23.2 Å². The lowest BCUT2D eigenvalue weighted by atomic mass is 9.72. The summed E-state index contributed by atoms with van der Waals surface area (Å²) < 4.78 is 0. The third-order valence-corrected chi connectivity index (χ3v) is 4.63. The molecule has 1 saturated carbocycles. The van der Waals surface area contributed by atoms with Crippen LogP contribution in [-0.2, 0) is 5.60 Å². The van der Waals surface area contributed by atoms with E-state index in [0.717, 1.165) is 24.8 Å². The van der Waals surface area contributed by atoms with E-state index in [2.05, 4.69) is 13.8 Å². The molecule has 1 aliphatic carbocycles. The van der Waals surface area contributed by atoms with Gasteiger partial charge in [-0.1, -0.05) is 43.5 Å². The van der Waals surface area contributed by atoms with Gasteiger partial charge in [-0.25, -0.2) is 0 Å². The summed E-state index contributed by atoms with van der Waals surface area (Å²) >= 11 is 12.3. The van der Waals surface area contributed by atoms with Gasteiger partial charge in [0.25, 0.3) is 0 Å². The van der Waals surface area contributed by atoms with Gasteiger partial charge in [0, 0.05) is 15.6 Å². The van der Waals surface area contributed by atoms with Crippen molar-refractivity contribution in [3.63, 3.8) is 0 Å². The highest BCUT2D eigenvalue weighted by molar-refractivity contribution is 6.33. The molecule has 106 valence electrons. The molecule has 1 aliphatic rings. The number of rotatable bonds is 3. The molecule has 0 bridgehead atoms. The van der Waals surface area contributed by atoms with Crippen molar-refractivity contribution in [1.29, 1.82) is 0 Å². The fraction of sp³-hybridized carbons (Fsp3) is 0.625. The summed E-state index contributed by atoms with van der Waals surface area (Å²) in [5.41, 5.74) is -0.00472. The monoisotopic (exact) mass is 300 g/mol. The molecule has 2 atom stereocenters. The Balaban J connectivity index is 2.23. The van der Waals surface area contributed by atoms with E-state index >= 15 is 0 Å². The lowest BCUT2D eigenvalue weighted by molar-refractivity contribution is -0.0243. The summed E-state index contributed by atoms with van der Waals surface area (Å²) in [6, 6.07) is 5.37. The second-order valence-electron chi connectivity index (χ2n) is 6.25. The van der Waals surface area contributed by atoms with Crippen molar-refractivity contribution in [2.24, 2.45) is 11.8 Å². The Hall–Kier alpha value is -0.240. The molecule has 1 aromatic carbocycles. The topological polar surface area (TPSA) is 20.2 Å². The number of benzene rings is 1. The second kappa shape index (κ2) is 6.03. The molecule has 1 fully saturated rings. The first kappa shape index (κ1) is 15.2. The van der Waals surface area contributed by atoms with E-state index < -0.39 is 5.60 Å². The van der Waals surface area contributed by atoms with Gasteiger partial charge in [-0.05, 0) is 55.7 Å². The molecule has 1 aromatic rings. The first-order valence-electron chi connectivity index (χ1n) is 7.08. The molecule has 0 amide bonds. The van der Waals surface area contributed by atoms with Crippen LogP contribution in [0, 0.1) is 11.8 Å². The van der Waals surface area contributed by atoms with Gasteiger partial charge in [-0.3, -0.25) is 0 Å². The number of hydrogen-bond acceptors (Lipinski definition) is 1. The third kappa shape index (κ3) is 3.65. The Morgan fingerprint density at radius 2 is 2.11 bits per heavy atom. The normalized spacial score (nSPS) is 27.8. The van der Waals surface area contributed by atoms with Crippen LogP contribution in [0.1, 0.15) is 51.5 Å². The van der Waals surface area contributed by atoms with E-state index in [-0.39, 0.29) is 0 Å². The number of aliphatic hydroxyl groups is 1. The molecule has 0 heterocycles. The first-order chi connectivity index (χ1) is 8.90. The van der Waals surface area contributed by atoms with E-state index in [1.165, 1.54) is 12.8 Å². The van der Waals surface area contributed by atoms with Crippen molar-refractivity contribution in [2.45, 2.75) is 51.6 Å². The van der Waals surface area contributed by atoms with Gasteiger partial charge in [0.15, 0.2) is 0 Å². The van der Waals surface area contributed by atoms with Gasteiger partial charge in [0.1, 0.15) is 0 Å². The van der Waals surface area contributed by atoms with Crippen LogP contribution in [0.15, 0.2) is 18.2 Å². The highest BCUT2D eigenvalue weighted by Gasteiger charge is 2.37. The smallest absolute Gasteiger partial charge is 0.0914 e. The van der Waals surface area contributed by atoms with Gasteiger partial charge < -0.3 is 5.11 Å². The van der Waals surface area contributed by atoms with E-state index in [1.807, 2.05) is 6.07 Å². The van der Waals surface area contributed by atoms with Crippen LogP contribution >= 0.6 is 23.2 Å². The van der Waals surface area contributed by atoms with Crippen molar-refractivity contribution >= 4 is 23.2 Å². The maximum atomic E-state index is 11.0. The quantitative estimate of drug-likeness (QED) is 0.790. The Morgan fingerprint density at radius 1 is 1.37 bits per heavy atom. The molecule has 1 nitrogen and oxygen atoms in total. The van der Waals surface area contributed by atoms with E-state index in [0.29, 0.717) is 21.9 Å². The molecule has 2 rings (SSSR count). The molecule has 1 N–H and O–H groups in total. The standard InChI is InChI=1S/C16H22Cl2O/c1-11(2)8-12-4-3-7-16(19,10-12)14-9-13(17)5-6-15(14)18/h5-6,9,11-12,19H,3-4,7-8,10H2,1-2H3. The van der Waals surface area contributed by atoms with Crippen LogP contribution in [-0.4, -0.2) is 5.11 Å². The van der Waals surface area contributed by atoms with Crippen molar-refractivity contribution in [3.8, 4) is 0 Å². The summed E-state index contributed by atoms with van der Waals surface area (Å²) in [5, 5.41) is 12.2. The van der Waals surface area contributed by atoms with Gasteiger partial charge in [-0.15, -0.1) is 0 Å². The maximum Gasteiger partial charge on any atom is 0.0914 e.